The third-order valence-electron chi connectivity index (χ3n) is 6.90. The van der Waals surface area contributed by atoms with E-state index in [1.54, 1.807) is 42.5 Å². The molecule has 2 unspecified atom stereocenters. The molecule has 3 aromatic carbocycles. The molecule has 0 spiro atoms. The Morgan fingerprint density at radius 1 is 0.878 bits per heavy atom. The minimum absolute atomic E-state index is 0.0470. The molecule has 0 aliphatic rings. The average molecular weight is 580 g/mol. The Morgan fingerprint density at radius 3 is 2.12 bits per heavy atom. The number of nitrogens with one attached hydrogen (secondary N) is 1. The highest BCUT2D eigenvalue weighted by Crippen LogP contribution is 2.33. The number of amides is 2. The molecular weight excluding hydrogens is 538 g/mol. The van der Waals surface area contributed by atoms with E-state index >= 15 is 0 Å². The summed E-state index contributed by atoms with van der Waals surface area (Å²) in [5, 5.41) is 2.99. The van der Waals surface area contributed by atoms with Crippen LogP contribution in [0.15, 0.2) is 83.8 Å². The fourth-order valence-corrected chi connectivity index (χ4v) is 5.87. The van der Waals surface area contributed by atoms with Crippen LogP contribution in [-0.2, 0) is 26.2 Å². The quantitative estimate of drug-likeness (QED) is 0.279. The number of carbonyl (C=O) groups excluding carboxylic acids is 2. The van der Waals surface area contributed by atoms with E-state index in [0.29, 0.717) is 18.8 Å². The molecule has 2 amide bonds. The van der Waals surface area contributed by atoms with Crippen molar-refractivity contribution in [3.8, 4) is 5.75 Å². The highest BCUT2D eigenvalue weighted by molar-refractivity contribution is 7.92. The zero-order valence-corrected chi connectivity index (χ0v) is 25.4. The van der Waals surface area contributed by atoms with Gasteiger partial charge < -0.3 is 15.0 Å². The molecule has 0 radical (unpaired) electrons. The van der Waals surface area contributed by atoms with Crippen LogP contribution in [0.5, 0.6) is 5.75 Å². The van der Waals surface area contributed by atoms with E-state index in [2.05, 4.69) is 5.32 Å². The second-order valence-corrected chi connectivity index (χ2v) is 11.8. The van der Waals surface area contributed by atoms with Gasteiger partial charge in [-0.1, -0.05) is 74.0 Å². The van der Waals surface area contributed by atoms with Gasteiger partial charge in [-0.25, -0.2) is 8.42 Å². The summed E-state index contributed by atoms with van der Waals surface area (Å²) in [6.07, 6.45) is 1.10. The Balaban J connectivity index is 2.09. The normalized spacial score (nSPS) is 12.7. The van der Waals surface area contributed by atoms with Crippen molar-refractivity contribution in [2.45, 2.75) is 71.0 Å². The predicted octanol–water partition coefficient (Wildman–Crippen LogP) is 5.31. The van der Waals surface area contributed by atoms with Crippen LogP contribution in [0, 0.1) is 6.92 Å². The molecule has 1 N–H and O–H groups in total. The first-order chi connectivity index (χ1) is 19.6. The van der Waals surface area contributed by atoms with Crippen molar-refractivity contribution in [2.24, 2.45) is 0 Å². The Bertz CT molecular complexity index is 1390. The lowest BCUT2D eigenvalue weighted by atomic mass is 10.1. The first-order valence-corrected chi connectivity index (χ1v) is 15.5. The first kappa shape index (κ1) is 31.7. The number of ether oxygens (including phenoxy) is 1. The van der Waals surface area contributed by atoms with Gasteiger partial charge in [-0.05, 0) is 63.4 Å². The molecule has 3 rings (SSSR count). The number of rotatable bonds is 14. The third-order valence-corrected chi connectivity index (χ3v) is 8.68. The Morgan fingerprint density at radius 2 is 1.51 bits per heavy atom. The van der Waals surface area contributed by atoms with E-state index in [1.807, 2.05) is 58.9 Å². The molecule has 9 heteroatoms. The summed E-state index contributed by atoms with van der Waals surface area (Å²) in [5.41, 5.74) is 2.16. The Hall–Kier alpha value is -3.85. The van der Waals surface area contributed by atoms with Crippen molar-refractivity contribution in [1.82, 2.24) is 10.2 Å². The van der Waals surface area contributed by atoms with Crippen molar-refractivity contribution in [3.05, 3.63) is 90.0 Å². The monoisotopic (exact) mass is 579 g/mol. The number of nitrogens with zero attached hydrogens (tertiary/aromatic N) is 2. The average Bonchev–Trinajstić information content (AvgIpc) is 2.97. The van der Waals surface area contributed by atoms with Gasteiger partial charge in [-0.3, -0.25) is 13.9 Å². The number of hydrogen-bond donors (Lipinski definition) is 1. The smallest absolute Gasteiger partial charge is 0.264 e. The maximum atomic E-state index is 14.2. The fourth-order valence-electron chi connectivity index (χ4n) is 4.42. The van der Waals surface area contributed by atoms with Crippen LogP contribution in [0.3, 0.4) is 0 Å². The van der Waals surface area contributed by atoms with Gasteiger partial charge in [0.05, 0.1) is 17.2 Å². The number of anilines is 1. The molecule has 220 valence electrons. The lowest BCUT2D eigenvalue weighted by Crippen LogP contribution is -2.53. The van der Waals surface area contributed by atoms with E-state index in [-0.39, 0.29) is 29.1 Å². The standard InChI is InChI=1S/C32H41N3O5S/c1-6-25(5)33-32(37)28(7-2)34(22-26-20-18-24(4)19-21-26)31(36)23-35(29-16-12-13-17-30(29)40-8-3)41(38,39)27-14-10-9-11-15-27/h9-21,25,28H,6-8,22-23H2,1-5H3,(H,33,37). The number of benzene rings is 3. The summed E-state index contributed by atoms with van der Waals surface area (Å²) >= 11 is 0. The van der Waals surface area contributed by atoms with E-state index in [0.717, 1.165) is 21.9 Å². The summed E-state index contributed by atoms with van der Waals surface area (Å²) in [4.78, 5) is 29.1. The van der Waals surface area contributed by atoms with Gasteiger partial charge in [0.25, 0.3) is 10.0 Å². The van der Waals surface area contributed by atoms with E-state index in [9.17, 15) is 18.0 Å². The molecule has 2 atom stereocenters. The number of sulfonamides is 1. The number of para-hydroxylation sites is 2. The molecule has 0 aliphatic heterocycles. The van der Waals surface area contributed by atoms with E-state index in [1.165, 1.54) is 17.0 Å². The van der Waals surface area contributed by atoms with Crippen LogP contribution in [0.4, 0.5) is 5.69 Å². The van der Waals surface area contributed by atoms with Gasteiger partial charge in [-0.15, -0.1) is 0 Å². The number of hydrogen-bond acceptors (Lipinski definition) is 5. The summed E-state index contributed by atoms with van der Waals surface area (Å²) in [6, 6.07) is 21.6. The van der Waals surface area contributed by atoms with Crippen molar-refractivity contribution >= 4 is 27.5 Å². The lowest BCUT2D eigenvalue weighted by Gasteiger charge is -2.34. The molecule has 0 heterocycles. The maximum absolute atomic E-state index is 14.2. The summed E-state index contributed by atoms with van der Waals surface area (Å²) in [5.74, 6) is -0.425. The summed E-state index contributed by atoms with van der Waals surface area (Å²) < 4.78 is 34.9. The fraction of sp³-hybridized carbons (Fsp3) is 0.375. The molecule has 0 bridgehead atoms. The molecule has 0 aromatic heterocycles. The van der Waals surface area contributed by atoms with Crippen molar-refractivity contribution in [3.63, 3.8) is 0 Å². The molecule has 0 saturated heterocycles. The highest BCUT2D eigenvalue weighted by atomic mass is 32.2. The number of aryl methyl sites for hydroxylation is 1. The van der Waals surface area contributed by atoms with Crippen molar-refractivity contribution in [1.29, 1.82) is 0 Å². The summed E-state index contributed by atoms with van der Waals surface area (Å²) in [7, 11) is -4.17. The first-order valence-electron chi connectivity index (χ1n) is 14.1. The highest BCUT2D eigenvalue weighted by Gasteiger charge is 2.34. The van der Waals surface area contributed by atoms with Gasteiger partial charge >= 0.3 is 0 Å². The molecule has 0 fully saturated rings. The summed E-state index contributed by atoms with van der Waals surface area (Å²) in [6.45, 7) is 9.47. The van der Waals surface area contributed by atoms with E-state index in [4.69, 9.17) is 4.74 Å². The van der Waals surface area contributed by atoms with Crippen LogP contribution in [-0.4, -0.2) is 50.4 Å². The van der Waals surface area contributed by atoms with Gasteiger partial charge in [0.15, 0.2) is 0 Å². The molecular formula is C32H41N3O5S. The number of carbonyl (C=O) groups is 2. The zero-order valence-electron chi connectivity index (χ0n) is 24.5. The van der Waals surface area contributed by atoms with Gasteiger partial charge in [0, 0.05) is 12.6 Å². The maximum Gasteiger partial charge on any atom is 0.264 e. The Labute approximate surface area is 244 Å². The van der Waals surface area contributed by atoms with Gasteiger partial charge in [0.2, 0.25) is 11.8 Å². The Kier molecular flexibility index (Phi) is 11.3. The van der Waals surface area contributed by atoms with Gasteiger partial charge in [0.1, 0.15) is 18.3 Å². The molecule has 41 heavy (non-hydrogen) atoms. The minimum atomic E-state index is -4.17. The van der Waals surface area contributed by atoms with Crippen LogP contribution in [0.25, 0.3) is 0 Å². The lowest BCUT2D eigenvalue weighted by molar-refractivity contribution is -0.140. The molecule has 0 aliphatic carbocycles. The zero-order chi connectivity index (χ0) is 30.0. The molecule has 0 saturated carbocycles. The van der Waals surface area contributed by atoms with Crippen LogP contribution >= 0.6 is 0 Å². The minimum Gasteiger partial charge on any atom is -0.492 e. The predicted molar refractivity (Wildman–Crippen MR) is 162 cm³/mol. The van der Waals surface area contributed by atoms with E-state index < -0.39 is 28.5 Å². The second-order valence-electron chi connectivity index (χ2n) is 9.97. The largest absolute Gasteiger partial charge is 0.492 e. The molecule has 8 nitrogen and oxygen atoms in total. The SMILES string of the molecule is CCOc1ccccc1N(CC(=O)N(Cc1ccc(C)cc1)C(CC)C(=O)NC(C)CC)S(=O)(=O)c1ccccc1. The van der Waals surface area contributed by atoms with Crippen LogP contribution < -0.4 is 14.4 Å². The topological polar surface area (TPSA) is 96.0 Å². The van der Waals surface area contributed by atoms with Crippen LogP contribution in [0.2, 0.25) is 0 Å². The third kappa shape index (κ3) is 8.10. The van der Waals surface area contributed by atoms with Crippen molar-refractivity contribution in [2.75, 3.05) is 17.5 Å². The van der Waals surface area contributed by atoms with Gasteiger partial charge in [-0.2, -0.15) is 0 Å². The molecule has 3 aromatic rings. The second kappa shape index (κ2) is 14.7. The van der Waals surface area contributed by atoms with Crippen molar-refractivity contribution < 1.29 is 22.7 Å². The van der Waals surface area contributed by atoms with Crippen LogP contribution in [0.1, 0.15) is 51.7 Å².